The van der Waals surface area contributed by atoms with Crippen molar-refractivity contribution < 1.29 is 0 Å². The Morgan fingerprint density at radius 1 is 1.23 bits per heavy atom. The highest BCUT2D eigenvalue weighted by molar-refractivity contribution is 5.05. The Balaban J connectivity index is 1.86. The number of nitrogens with zero attached hydrogens (tertiary/aromatic N) is 2. The summed E-state index contributed by atoms with van der Waals surface area (Å²) < 4.78 is 0. The molecule has 0 unspecified atom stereocenters. The number of piperidine rings is 1. The zero-order chi connectivity index (χ0) is 9.47. The molecule has 2 nitrogen and oxygen atoms in total. The Morgan fingerprint density at radius 2 is 1.77 bits per heavy atom. The van der Waals surface area contributed by atoms with Crippen molar-refractivity contribution >= 4 is 0 Å². The number of allylic oxidation sites excluding steroid dienone is 1. The van der Waals surface area contributed by atoms with Crippen LogP contribution in [0.25, 0.3) is 0 Å². The SMILES string of the molecule is C=C(C)N1CC2(CCN(C)CC2)C1. The molecule has 0 amide bonds. The molecule has 2 heterocycles. The molecule has 74 valence electrons. The number of hydrogen-bond donors (Lipinski definition) is 0. The Hall–Kier alpha value is -0.500. The molecule has 0 saturated carbocycles. The van der Waals surface area contributed by atoms with Crippen LogP contribution >= 0.6 is 0 Å². The van der Waals surface area contributed by atoms with E-state index in [0.717, 1.165) is 0 Å². The van der Waals surface area contributed by atoms with Gasteiger partial charge in [0, 0.05) is 24.2 Å². The van der Waals surface area contributed by atoms with Crippen molar-refractivity contribution in [2.24, 2.45) is 5.41 Å². The summed E-state index contributed by atoms with van der Waals surface area (Å²) in [6.45, 7) is 11.2. The van der Waals surface area contributed by atoms with Crippen molar-refractivity contribution in [1.29, 1.82) is 0 Å². The molecule has 0 aromatic carbocycles. The minimum atomic E-state index is 0.658. The average molecular weight is 180 g/mol. The van der Waals surface area contributed by atoms with Gasteiger partial charge in [-0.25, -0.2) is 0 Å². The number of likely N-dealkylation sites (tertiary alicyclic amines) is 2. The lowest BCUT2D eigenvalue weighted by Crippen LogP contribution is -2.58. The van der Waals surface area contributed by atoms with E-state index in [1.54, 1.807) is 0 Å². The van der Waals surface area contributed by atoms with E-state index in [1.165, 1.54) is 44.7 Å². The molecular formula is C11H20N2. The maximum atomic E-state index is 3.99. The first-order valence-electron chi connectivity index (χ1n) is 5.20. The van der Waals surface area contributed by atoms with Crippen molar-refractivity contribution in [3.63, 3.8) is 0 Å². The summed E-state index contributed by atoms with van der Waals surface area (Å²) in [5.74, 6) is 0. The summed E-state index contributed by atoms with van der Waals surface area (Å²) >= 11 is 0. The first-order valence-corrected chi connectivity index (χ1v) is 5.20. The van der Waals surface area contributed by atoms with E-state index >= 15 is 0 Å². The van der Waals surface area contributed by atoms with E-state index in [1.807, 2.05) is 0 Å². The third-order valence-corrected chi connectivity index (χ3v) is 3.64. The Bertz CT molecular complexity index is 206. The van der Waals surface area contributed by atoms with Gasteiger partial charge in [0.15, 0.2) is 0 Å². The lowest BCUT2D eigenvalue weighted by Gasteiger charge is -2.55. The lowest BCUT2D eigenvalue weighted by molar-refractivity contribution is -0.0209. The van der Waals surface area contributed by atoms with Gasteiger partial charge in [-0.05, 0) is 39.9 Å². The van der Waals surface area contributed by atoms with Crippen LogP contribution in [-0.2, 0) is 0 Å². The van der Waals surface area contributed by atoms with Gasteiger partial charge in [0.2, 0.25) is 0 Å². The van der Waals surface area contributed by atoms with Crippen LogP contribution in [0.2, 0.25) is 0 Å². The van der Waals surface area contributed by atoms with Crippen LogP contribution in [0.4, 0.5) is 0 Å². The van der Waals surface area contributed by atoms with Gasteiger partial charge in [-0.15, -0.1) is 0 Å². The molecule has 0 radical (unpaired) electrons. The Morgan fingerprint density at radius 3 is 2.23 bits per heavy atom. The second-order valence-electron chi connectivity index (χ2n) is 4.89. The third-order valence-electron chi connectivity index (χ3n) is 3.64. The van der Waals surface area contributed by atoms with Gasteiger partial charge in [0.05, 0.1) is 0 Å². The second-order valence-corrected chi connectivity index (χ2v) is 4.89. The molecular weight excluding hydrogens is 160 g/mol. The fourth-order valence-electron chi connectivity index (χ4n) is 2.44. The largest absolute Gasteiger partial charge is 0.374 e. The first kappa shape index (κ1) is 9.07. The minimum Gasteiger partial charge on any atom is -0.374 e. The standard InChI is InChI=1S/C11H20N2/c1-10(2)13-8-11(9-13)4-6-12(3)7-5-11/h1,4-9H2,2-3H3. The van der Waals surface area contributed by atoms with Gasteiger partial charge >= 0.3 is 0 Å². The molecule has 0 atom stereocenters. The molecule has 13 heavy (non-hydrogen) atoms. The van der Waals surface area contributed by atoms with E-state index < -0.39 is 0 Å². The fraction of sp³-hybridized carbons (Fsp3) is 0.818. The van der Waals surface area contributed by atoms with Gasteiger partial charge in [-0.3, -0.25) is 0 Å². The molecule has 0 N–H and O–H groups in total. The molecule has 0 aromatic heterocycles. The molecule has 2 saturated heterocycles. The quantitative estimate of drug-likeness (QED) is 0.604. The summed E-state index contributed by atoms with van der Waals surface area (Å²) in [4.78, 5) is 4.85. The highest BCUT2D eigenvalue weighted by Crippen LogP contribution is 2.41. The van der Waals surface area contributed by atoms with Crippen LogP contribution in [0, 0.1) is 5.41 Å². The Kier molecular flexibility index (Phi) is 2.11. The van der Waals surface area contributed by atoms with E-state index in [-0.39, 0.29) is 0 Å². The maximum absolute atomic E-state index is 3.99. The van der Waals surface area contributed by atoms with Crippen molar-refractivity contribution in [3.8, 4) is 0 Å². The van der Waals surface area contributed by atoms with E-state index in [9.17, 15) is 0 Å². The van der Waals surface area contributed by atoms with Crippen LogP contribution in [0.3, 0.4) is 0 Å². The van der Waals surface area contributed by atoms with E-state index in [4.69, 9.17) is 0 Å². The predicted molar refractivity (Wildman–Crippen MR) is 55.6 cm³/mol. The third kappa shape index (κ3) is 1.60. The van der Waals surface area contributed by atoms with Crippen LogP contribution < -0.4 is 0 Å². The smallest absolute Gasteiger partial charge is 0.0249 e. The van der Waals surface area contributed by atoms with Crippen LogP contribution in [-0.4, -0.2) is 43.0 Å². The average Bonchev–Trinajstić information content (AvgIpc) is 2.02. The van der Waals surface area contributed by atoms with Crippen LogP contribution in [0.15, 0.2) is 12.3 Å². The molecule has 0 bridgehead atoms. The van der Waals surface area contributed by atoms with Crippen molar-refractivity contribution in [3.05, 3.63) is 12.3 Å². The van der Waals surface area contributed by atoms with Crippen molar-refractivity contribution in [2.45, 2.75) is 19.8 Å². The molecule has 0 aliphatic carbocycles. The molecule has 2 heteroatoms. The summed E-state index contributed by atoms with van der Waals surface area (Å²) in [7, 11) is 2.22. The summed E-state index contributed by atoms with van der Waals surface area (Å²) in [6.07, 6.45) is 2.76. The summed E-state index contributed by atoms with van der Waals surface area (Å²) in [5, 5.41) is 0. The lowest BCUT2D eigenvalue weighted by atomic mass is 9.72. The van der Waals surface area contributed by atoms with Gasteiger partial charge in [-0.1, -0.05) is 6.58 Å². The number of hydrogen-bond acceptors (Lipinski definition) is 2. The fourth-order valence-corrected chi connectivity index (χ4v) is 2.44. The Labute approximate surface area is 81.2 Å². The van der Waals surface area contributed by atoms with E-state index in [2.05, 4.69) is 30.4 Å². The van der Waals surface area contributed by atoms with E-state index in [0.29, 0.717) is 5.41 Å². The monoisotopic (exact) mass is 180 g/mol. The molecule has 2 aliphatic heterocycles. The molecule has 0 aromatic rings. The van der Waals surface area contributed by atoms with Crippen LogP contribution in [0.1, 0.15) is 19.8 Å². The minimum absolute atomic E-state index is 0.658. The molecule has 2 rings (SSSR count). The predicted octanol–water partition coefficient (Wildman–Crippen LogP) is 1.55. The van der Waals surface area contributed by atoms with Crippen LogP contribution in [0.5, 0.6) is 0 Å². The van der Waals surface area contributed by atoms with Gasteiger partial charge in [0.1, 0.15) is 0 Å². The zero-order valence-electron chi connectivity index (χ0n) is 8.84. The maximum Gasteiger partial charge on any atom is 0.0249 e. The second kappa shape index (κ2) is 3.02. The summed E-state index contributed by atoms with van der Waals surface area (Å²) in [5.41, 5.74) is 1.90. The van der Waals surface area contributed by atoms with Gasteiger partial charge < -0.3 is 9.80 Å². The zero-order valence-corrected chi connectivity index (χ0v) is 8.84. The highest BCUT2D eigenvalue weighted by Gasteiger charge is 2.43. The molecule has 2 aliphatic rings. The highest BCUT2D eigenvalue weighted by atomic mass is 15.2. The number of rotatable bonds is 1. The van der Waals surface area contributed by atoms with Gasteiger partial charge in [0.25, 0.3) is 0 Å². The van der Waals surface area contributed by atoms with Crippen molar-refractivity contribution in [1.82, 2.24) is 9.80 Å². The first-order chi connectivity index (χ1) is 6.11. The van der Waals surface area contributed by atoms with Crippen molar-refractivity contribution in [2.75, 3.05) is 33.2 Å². The summed E-state index contributed by atoms with van der Waals surface area (Å²) in [6, 6.07) is 0. The van der Waals surface area contributed by atoms with Gasteiger partial charge in [-0.2, -0.15) is 0 Å². The molecule has 1 spiro atoms. The molecule has 2 fully saturated rings. The normalized spacial score (nSPS) is 27.4. The topological polar surface area (TPSA) is 6.48 Å².